The fourth-order valence-corrected chi connectivity index (χ4v) is 3.32. The van der Waals surface area contributed by atoms with Crippen LogP contribution in [0, 0.1) is 6.92 Å². The van der Waals surface area contributed by atoms with Crippen molar-refractivity contribution in [3.05, 3.63) is 45.4 Å². The van der Waals surface area contributed by atoms with E-state index < -0.39 is 0 Å². The summed E-state index contributed by atoms with van der Waals surface area (Å²) in [7, 11) is 0. The Kier molecular flexibility index (Phi) is 2.63. The Balaban J connectivity index is 1.95. The Morgan fingerprint density at radius 3 is 3.00 bits per heavy atom. The van der Waals surface area contributed by atoms with Gasteiger partial charge in [0.05, 0.1) is 0 Å². The van der Waals surface area contributed by atoms with Gasteiger partial charge in [0.15, 0.2) is 5.78 Å². The van der Waals surface area contributed by atoms with Crippen LogP contribution in [0.15, 0.2) is 23.0 Å². The molecule has 0 bridgehead atoms. The maximum atomic E-state index is 11.8. The summed E-state index contributed by atoms with van der Waals surface area (Å²) in [6.07, 6.45) is 4.81. The van der Waals surface area contributed by atoms with Crippen LogP contribution < -0.4 is 0 Å². The van der Waals surface area contributed by atoms with Gasteiger partial charge in [0.1, 0.15) is 0 Å². The van der Waals surface area contributed by atoms with Gasteiger partial charge in [-0.2, -0.15) is 11.3 Å². The zero-order chi connectivity index (χ0) is 11.8. The molecule has 3 heteroatoms. The first kappa shape index (κ1) is 10.8. The standard InChI is InChI=1S/C14H15NOS/c1-10-8-17-9-11(10)7-15-6-5-12-13(15)3-2-4-14(12)16/h5-6,8-9H,2-4,7H2,1H3. The fourth-order valence-electron chi connectivity index (χ4n) is 2.47. The molecule has 2 heterocycles. The number of carbonyl (C=O) groups is 1. The molecule has 0 spiro atoms. The van der Waals surface area contributed by atoms with Crippen LogP contribution in [0.2, 0.25) is 0 Å². The molecule has 0 aromatic carbocycles. The van der Waals surface area contributed by atoms with E-state index in [-0.39, 0.29) is 0 Å². The first-order valence-corrected chi connectivity index (χ1v) is 6.93. The van der Waals surface area contributed by atoms with E-state index >= 15 is 0 Å². The second-order valence-electron chi connectivity index (χ2n) is 4.66. The molecule has 0 unspecified atom stereocenters. The minimum absolute atomic E-state index is 0.312. The van der Waals surface area contributed by atoms with Gasteiger partial charge in [-0.1, -0.05) is 0 Å². The molecule has 3 rings (SSSR count). The van der Waals surface area contributed by atoms with Crippen LogP contribution >= 0.6 is 11.3 Å². The quantitative estimate of drug-likeness (QED) is 0.794. The summed E-state index contributed by atoms with van der Waals surface area (Å²) in [5.74, 6) is 0.312. The number of aryl methyl sites for hydroxylation is 1. The van der Waals surface area contributed by atoms with E-state index in [0.717, 1.165) is 24.9 Å². The van der Waals surface area contributed by atoms with Gasteiger partial charge in [-0.05, 0) is 47.7 Å². The molecule has 2 aromatic rings. The van der Waals surface area contributed by atoms with Crippen molar-refractivity contribution in [1.29, 1.82) is 0 Å². The van der Waals surface area contributed by atoms with E-state index in [4.69, 9.17) is 0 Å². The molecule has 0 aliphatic heterocycles. The molecule has 0 atom stereocenters. The highest BCUT2D eigenvalue weighted by molar-refractivity contribution is 7.08. The Labute approximate surface area is 105 Å². The van der Waals surface area contributed by atoms with Crippen LogP contribution in [-0.4, -0.2) is 10.4 Å². The molecule has 1 aliphatic rings. The number of hydrogen-bond acceptors (Lipinski definition) is 2. The number of ketones is 1. The zero-order valence-corrected chi connectivity index (χ0v) is 10.7. The average molecular weight is 245 g/mol. The van der Waals surface area contributed by atoms with Crippen molar-refractivity contribution in [2.45, 2.75) is 32.7 Å². The highest BCUT2D eigenvalue weighted by atomic mass is 32.1. The predicted octanol–water partition coefficient (Wildman–Crippen LogP) is 3.43. The van der Waals surface area contributed by atoms with Crippen molar-refractivity contribution >= 4 is 17.1 Å². The Morgan fingerprint density at radius 2 is 2.24 bits per heavy atom. The van der Waals surface area contributed by atoms with Crippen molar-refractivity contribution in [3.63, 3.8) is 0 Å². The van der Waals surface area contributed by atoms with Crippen molar-refractivity contribution in [1.82, 2.24) is 4.57 Å². The molecule has 0 N–H and O–H groups in total. The molecule has 2 aromatic heterocycles. The van der Waals surface area contributed by atoms with E-state index in [0.29, 0.717) is 12.2 Å². The van der Waals surface area contributed by atoms with E-state index in [2.05, 4.69) is 28.4 Å². The van der Waals surface area contributed by atoms with Gasteiger partial charge in [0.2, 0.25) is 0 Å². The summed E-state index contributed by atoms with van der Waals surface area (Å²) in [6, 6.07) is 1.98. The van der Waals surface area contributed by atoms with Crippen molar-refractivity contribution in [2.75, 3.05) is 0 Å². The van der Waals surface area contributed by atoms with Gasteiger partial charge in [-0.15, -0.1) is 0 Å². The monoisotopic (exact) mass is 245 g/mol. The molecule has 2 nitrogen and oxygen atoms in total. The number of aromatic nitrogens is 1. The minimum atomic E-state index is 0.312. The molecule has 0 amide bonds. The van der Waals surface area contributed by atoms with Crippen LogP contribution in [0.3, 0.4) is 0 Å². The third-order valence-corrected chi connectivity index (χ3v) is 4.41. The first-order valence-electron chi connectivity index (χ1n) is 5.98. The largest absolute Gasteiger partial charge is 0.346 e. The molecule has 1 aliphatic carbocycles. The Bertz CT molecular complexity index is 565. The van der Waals surface area contributed by atoms with Crippen molar-refractivity contribution in [3.8, 4) is 0 Å². The van der Waals surface area contributed by atoms with Crippen molar-refractivity contribution < 1.29 is 4.79 Å². The summed E-state index contributed by atoms with van der Waals surface area (Å²) in [5.41, 5.74) is 4.89. The molecule has 0 fully saturated rings. The van der Waals surface area contributed by atoms with Gasteiger partial charge in [0.25, 0.3) is 0 Å². The number of thiophene rings is 1. The molecule has 0 radical (unpaired) electrons. The second kappa shape index (κ2) is 4.15. The minimum Gasteiger partial charge on any atom is -0.346 e. The highest BCUT2D eigenvalue weighted by Crippen LogP contribution is 2.24. The number of Topliss-reactive ketones (excluding diaryl/α,β-unsaturated/α-hetero) is 1. The first-order chi connectivity index (χ1) is 8.25. The molecular weight excluding hydrogens is 230 g/mol. The maximum Gasteiger partial charge on any atom is 0.164 e. The third kappa shape index (κ3) is 1.84. The molecular formula is C14H15NOS. The number of nitrogens with zero attached hydrogens (tertiary/aromatic N) is 1. The van der Waals surface area contributed by atoms with Crippen molar-refractivity contribution in [2.24, 2.45) is 0 Å². The summed E-state index contributed by atoms with van der Waals surface area (Å²) < 4.78 is 2.24. The number of carbonyl (C=O) groups excluding carboxylic acids is 1. The molecule has 17 heavy (non-hydrogen) atoms. The molecule has 0 saturated carbocycles. The summed E-state index contributed by atoms with van der Waals surface area (Å²) in [4.78, 5) is 11.8. The normalized spacial score (nSPS) is 15.0. The second-order valence-corrected chi connectivity index (χ2v) is 5.40. The van der Waals surface area contributed by atoms with Gasteiger partial charge in [0, 0.05) is 30.4 Å². The molecule has 0 saturated heterocycles. The Morgan fingerprint density at radius 1 is 1.35 bits per heavy atom. The SMILES string of the molecule is Cc1cscc1Cn1ccc2c1CCCC2=O. The lowest BCUT2D eigenvalue weighted by Gasteiger charge is -2.14. The van der Waals surface area contributed by atoms with Crippen LogP contribution in [0.5, 0.6) is 0 Å². The van der Waals surface area contributed by atoms with E-state index in [1.54, 1.807) is 11.3 Å². The summed E-state index contributed by atoms with van der Waals surface area (Å²) in [6.45, 7) is 3.05. The topological polar surface area (TPSA) is 22.0 Å². The summed E-state index contributed by atoms with van der Waals surface area (Å²) >= 11 is 1.75. The van der Waals surface area contributed by atoms with Crippen LogP contribution in [-0.2, 0) is 13.0 Å². The smallest absolute Gasteiger partial charge is 0.164 e. The van der Waals surface area contributed by atoms with Crippen LogP contribution in [0.1, 0.15) is 40.0 Å². The van der Waals surface area contributed by atoms with E-state index in [9.17, 15) is 4.79 Å². The van der Waals surface area contributed by atoms with Gasteiger partial charge >= 0.3 is 0 Å². The van der Waals surface area contributed by atoms with Gasteiger partial charge in [-0.25, -0.2) is 0 Å². The lowest BCUT2D eigenvalue weighted by Crippen LogP contribution is -2.13. The van der Waals surface area contributed by atoms with Gasteiger partial charge in [-0.3, -0.25) is 4.79 Å². The lowest BCUT2D eigenvalue weighted by molar-refractivity contribution is 0.0972. The average Bonchev–Trinajstić information content (AvgIpc) is 2.89. The fraction of sp³-hybridized carbons (Fsp3) is 0.357. The molecule has 88 valence electrons. The predicted molar refractivity (Wildman–Crippen MR) is 69.9 cm³/mol. The lowest BCUT2D eigenvalue weighted by atomic mass is 9.97. The highest BCUT2D eigenvalue weighted by Gasteiger charge is 2.20. The van der Waals surface area contributed by atoms with E-state index in [1.165, 1.54) is 16.8 Å². The maximum absolute atomic E-state index is 11.8. The van der Waals surface area contributed by atoms with E-state index in [1.807, 2.05) is 6.07 Å². The van der Waals surface area contributed by atoms with Crippen LogP contribution in [0.4, 0.5) is 0 Å². The zero-order valence-electron chi connectivity index (χ0n) is 9.90. The number of fused-ring (bicyclic) bond motifs is 1. The third-order valence-electron chi connectivity index (χ3n) is 3.50. The van der Waals surface area contributed by atoms with Crippen LogP contribution in [0.25, 0.3) is 0 Å². The Hall–Kier alpha value is -1.35. The number of hydrogen-bond donors (Lipinski definition) is 0. The van der Waals surface area contributed by atoms with Gasteiger partial charge < -0.3 is 4.57 Å². The number of rotatable bonds is 2. The summed E-state index contributed by atoms with van der Waals surface area (Å²) in [5, 5.41) is 4.38.